The van der Waals surface area contributed by atoms with Gasteiger partial charge in [-0.05, 0) is 36.1 Å². The molecule has 0 saturated heterocycles. The highest BCUT2D eigenvalue weighted by atomic mass is 79.9. The molecule has 0 atom stereocenters. The van der Waals surface area contributed by atoms with E-state index in [4.69, 9.17) is 9.47 Å². The van der Waals surface area contributed by atoms with Gasteiger partial charge >= 0.3 is 0 Å². The summed E-state index contributed by atoms with van der Waals surface area (Å²) in [7, 11) is 0. The third kappa shape index (κ3) is 4.09. The summed E-state index contributed by atoms with van der Waals surface area (Å²) in [5.41, 5.74) is 4.70. The number of benzene rings is 2. The summed E-state index contributed by atoms with van der Waals surface area (Å²) in [6.07, 6.45) is 0. The minimum Gasteiger partial charge on any atom is -0.467 e. The zero-order valence-corrected chi connectivity index (χ0v) is 13.4. The average Bonchev–Trinajstić information content (AvgIpc) is 2.46. The predicted octanol–water partition coefficient (Wildman–Crippen LogP) is 4.75. The lowest BCUT2D eigenvalue weighted by molar-refractivity contribution is 0.00430. The second-order valence-electron chi connectivity index (χ2n) is 4.79. The van der Waals surface area contributed by atoms with Crippen molar-refractivity contribution < 1.29 is 9.47 Å². The summed E-state index contributed by atoms with van der Waals surface area (Å²) in [6, 6.07) is 14.4. The number of ether oxygens (including phenoxy) is 2. The van der Waals surface area contributed by atoms with Crippen molar-refractivity contribution in [2.75, 3.05) is 6.79 Å². The molecular formula is C17H19BrO2. The molecule has 0 spiro atoms. The highest BCUT2D eigenvalue weighted by Gasteiger charge is 2.06. The molecule has 0 fully saturated rings. The zero-order valence-electron chi connectivity index (χ0n) is 11.9. The first-order valence-electron chi connectivity index (χ1n) is 6.61. The summed E-state index contributed by atoms with van der Waals surface area (Å²) in [4.78, 5) is 0. The number of halogens is 1. The van der Waals surface area contributed by atoms with Gasteiger partial charge in [-0.2, -0.15) is 0 Å². The minimum atomic E-state index is 0.268. The van der Waals surface area contributed by atoms with Crippen LogP contribution in [0.1, 0.15) is 22.3 Å². The Morgan fingerprint density at radius 1 is 0.950 bits per heavy atom. The Kier molecular flexibility index (Phi) is 5.62. The van der Waals surface area contributed by atoms with Gasteiger partial charge in [0.2, 0.25) is 0 Å². The van der Waals surface area contributed by atoms with Crippen LogP contribution in [0.15, 0.2) is 42.5 Å². The quantitative estimate of drug-likeness (QED) is 0.431. The normalized spacial score (nSPS) is 10.6. The standard InChI is InChI=1S/C17H19BrO2/c1-13-8-16(10-18)9-14(2)17(13)20-12-19-11-15-6-4-3-5-7-15/h3-9H,10-12H2,1-2H3. The molecule has 0 aliphatic carbocycles. The second kappa shape index (κ2) is 7.46. The third-order valence-electron chi connectivity index (χ3n) is 3.07. The van der Waals surface area contributed by atoms with Crippen LogP contribution in [0.3, 0.4) is 0 Å². The molecule has 0 aliphatic rings. The van der Waals surface area contributed by atoms with Crippen molar-refractivity contribution in [2.24, 2.45) is 0 Å². The van der Waals surface area contributed by atoms with Gasteiger partial charge in [-0.3, -0.25) is 0 Å². The summed E-state index contributed by atoms with van der Waals surface area (Å²) in [5, 5.41) is 0.861. The summed E-state index contributed by atoms with van der Waals surface area (Å²) >= 11 is 3.47. The molecule has 0 heterocycles. The van der Waals surface area contributed by atoms with E-state index in [1.807, 2.05) is 30.3 Å². The van der Waals surface area contributed by atoms with E-state index in [-0.39, 0.29) is 6.79 Å². The third-order valence-corrected chi connectivity index (χ3v) is 3.72. The van der Waals surface area contributed by atoms with E-state index < -0.39 is 0 Å². The van der Waals surface area contributed by atoms with Crippen LogP contribution in [0.2, 0.25) is 0 Å². The largest absolute Gasteiger partial charge is 0.467 e. The van der Waals surface area contributed by atoms with E-state index in [0.717, 1.165) is 27.8 Å². The van der Waals surface area contributed by atoms with Gasteiger partial charge in [0.1, 0.15) is 5.75 Å². The van der Waals surface area contributed by atoms with Gasteiger partial charge in [0.05, 0.1) is 6.61 Å². The molecule has 2 aromatic carbocycles. The Hall–Kier alpha value is -1.32. The highest BCUT2D eigenvalue weighted by molar-refractivity contribution is 9.08. The first-order valence-corrected chi connectivity index (χ1v) is 7.73. The molecule has 2 aromatic rings. The Labute approximate surface area is 128 Å². The molecule has 0 aromatic heterocycles. The van der Waals surface area contributed by atoms with E-state index >= 15 is 0 Å². The fourth-order valence-corrected chi connectivity index (χ4v) is 2.50. The van der Waals surface area contributed by atoms with Crippen molar-refractivity contribution >= 4 is 15.9 Å². The fourth-order valence-electron chi connectivity index (χ4n) is 2.18. The predicted molar refractivity (Wildman–Crippen MR) is 85.3 cm³/mol. The first kappa shape index (κ1) is 15.1. The Balaban J connectivity index is 1.88. The highest BCUT2D eigenvalue weighted by Crippen LogP contribution is 2.25. The van der Waals surface area contributed by atoms with Crippen molar-refractivity contribution in [2.45, 2.75) is 25.8 Å². The molecule has 0 saturated carbocycles. The number of alkyl halides is 1. The number of aryl methyl sites for hydroxylation is 2. The molecule has 0 bridgehead atoms. The van der Waals surface area contributed by atoms with Gasteiger partial charge in [0.15, 0.2) is 6.79 Å². The minimum absolute atomic E-state index is 0.268. The van der Waals surface area contributed by atoms with E-state index in [1.165, 1.54) is 5.56 Å². The molecule has 0 radical (unpaired) electrons. The van der Waals surface area contributed by atoms with Crippen molar-refractivity contribution in [3.05, 3.63) is 64.7 Å². The Morgan fingerprint density at radius 2 is 1.60 bits per heavy atom. The van der Waals surface area contributed by atoms with Gasteiger partial charge in [-0.1, -0.05) is 58.4 Å². The van der Waals surface area contributed by atoms with Crippen LogP contribution in [0.5, 0.6) is 5.75 Å². The van der Waals surface area contributed by atoms with Crippen LogP contribution in [-0.4, -0.2) is 6.79 Å². The Morgan fingerprint density at radius 3 is 2.20 bits per heavy atom. The van der Waals surface area contributed by atoms with Gasteiger partial charge in [0, 0.05) is 5.33 Å². The van der Waals surface area contributed by atoms with Gasteiger partial charge in [-0.25, -0.2) is 0 Å². The maximum Gasteiger partial charge on any atom is 0.189 e. The maximum atomic E-state index is 5.75. The molecule has 0 unspecified atom stereocenters. The van der Waals surface area contributed by atoms with Gasteiger partial charge in [-0.15, -0.1) is 0 Å². The van der Waals surface area contributed by atoms with Crippen molar-refractivity contribution in [1.29, 1.82) is 0 Å². The molecule has 0 aliphatic heterocycles. The summed E-state index contributed by atoms with van der Waals surface area (Å²) in [5.74, 6) is 0.919. The second-order valence-corrected chi connectivity index (χ2v) is 5.35. The first-order chi connectivity index (χ1) is 9.70. The van der Waals surface area contributed by atoms with Crippen LogP contribution < -0.4 is 4.74 Å². The zero-order chi connectivity index (χ0) is 14.4. The van der Waals surface area contributed by atoms with Crippen LogP contribution in [0, 0.1) is 13.8 Å². The molecule has 3 heteroatoms. The smallest absolute Gasteiger partial charge is 0.189 e. The SMILES string of the molecule is Cc1cc(CBr)cc(C)c1OCOCc1ccccc1. The molecule has 0 amide bonds. The van der Waals surface area contributed by atoms with E-state index in [1.54, 1.807) is 0 Å². The topological polar surface area (TPSA) is 18.5 Å². The van der Waals surface area contributed by atoms with Crippen molar-refractivity contribution in [1.82, 2.24) is 0 Å². The molecule has 0 N–H and O–H groups in total. The van der Waals surface area contributed by atoms with Crippen LogP contribution in [0.25, 0.3) is 0 Å². The molecule has 20 heavy (non-hydrogen) atoms. The van der Waals surface area contributed by atoms with Crippen molar-refractivity contribution in [3.63, 3.8) is 0 Å². The number of rotatable bonds is 6. The fraction of sp³-hybridized carbons (Fsp3) is 0.294. The number of hydrogen-bond acceptors (Lipinski definition) is 2. The molecule has 2 rings (SSSR count). The lowest BCUT2D eigenvalue weighted by Crippen LogP contribution is -2.05. The molecular weight excluding hydrogens is 316 g/mol. The monoisotopic (exact) mass is 334 g/mol. The molecule has 2 nitrogen and oxygen atoms in total. The van der Waals surface area contributed by atoms with Crippen LogP contribution in [-0.2, 0) is 16.7 Å². The summed E-state index contributed by atoms with van der Waals surface area (Å²) in [6.45, 7) is 4.96. The maximum absolute atomic E-state index is 5.75. The van der Waals surface area contributed by atoms with Gasteiger partial charge < -0.3 is 9.47 Å². The van der Waals surface area contributed by atoms with Gasteiger partial charge in [0.25, 0.3) is 0 Å². The Bertz CT molecular complexity index is 529. The number of hydrogen-bond donors (Lipinski definition) is 0. The van der Waals surface area contributed by atoms with E-state index in [2.05, 4.69) is 41.9 Å². The average molecular weight is 335 g/mol. The van der Waals surface area contributed by atoms with Crippen molar-refractivity contribution in [3.8, 4) is 5.75 Å². The lowest BCUT2D eigenvalue weighted by Gasteiger charge is -2.13. The van der Waals surface area contributed by atoms with Crippen LogP contribution >= 0.6 is 15.9 Å². The van der Waals surface area contributed by atoms with E-state index in [0.29, 0.717) is 6.61 Å². The lowest BCUT2D eigenvalue weighted by atomic mass is 10.1. The van der Waals surface area contributed by atoms with E-state index in [9.17, 15) is 0 Å². The molecule has 106 valence electrons. The summed E-state index contributed by atoms with van der Waals surface area (Å²) < 4.78 is 11.3. The van der Waals surface area contributed by atoms with Crippen LogP contribution in [0.4, 0.5) is 0 Å².